The molecular formula is C15H30N2. The predicted octanol–water partition coefficient (Wildman–Crippen LogP) is 3.03. The quantitative estimate of drug-likeness (QED) is 0.792. The second kappa shape index (κ2) is 6.75. The molecule has 0 radical (unpaired) electrons. The Balaban J connectivity index is 1.86. The number of nitrogens with one attached hydrogen (secondary N) is 1. The van der Waals surface area contributed by atoms with Crippen molar-refractivity contribution in [1.29, 1.82) is 0 Å². The Hall–Kier alpha value is -0.0800. The normalized spacial score (nSPS) is 34.4. The van der Waals surface area contributed by atoms with Gasteiger partial charge < -0.3 is 5.32 Å². The van der Waals surface area contributed by atoms with Gasteiger partial charge in [0.05, 0.1) is 0 Å². The minimum Gasteiger partial charge on any atom is -0.313 e. The molecule has 0 spiro atoms. The summed E-state index contributed by atoms with van der Waals surface area (Å²) in [6, 6.07) is 1.64. The highest BCUT2D eigenvalue weighted by atomic mass is 15.2. The zero-order valence-corrected chi connectivity index (χ0v) is 11.8. The SMILES string of the molecule is CCCN(CC1CCCCN1)C1CCCC1C. The number of nitrogens with zero attached hydrogens (tertiary/aromatic N) is 1. The highest BCUT2D eigenvalue weighted by molar-refractivity contribution is 4.86. The van der Waals surface area contributed by atoms with E-state index < -0.39 is 0 Å². The zero-order chi connectivity index (χ0) is 12.1. The molecule has 1 aliphatic heterocycles. The molecule has 0 aromatic rings. The van der Waals surface area contributed by atoms with Crippen molar-refractivity contribution in [1.82, 2.24) is 10.2 Å². The molecule has 2 aliphatic rings. The van der Waals surface area contributed by atoms with Crippen LogP contribution in [-0.4, -0.2) is 36.6 Å². The predicted molar refractivity (Wildman–Crippen MR) is 74.3 cm³/mol. The molecule has 2 rings (SSSR count). The summed E-state index contributed by atoms with van der Waals surface area (Å²) in [5.74, 6) is 0.921. The monoisotopic (exact) mass is 238 g/mol. The van der Waals surface area contributed by atoms with Crippen LogP contribution < -0.4 is 5.32 Å². The van der Waals surface area contributed by atoms with Crippen LogP contribution in [0.15, 0.2) is 0 Å². The molecule has 1 saturated carbocycles. The average molecular weight is 238 g/mol. The molecule has 1 N–H and O–H groups in total. The number of hydrogen-bond donors (Lipinski definition) is 1. The molecule has 0 bridgehead atoms. The van der Waals surface area contributed by atoms with Gasteiger partial charge in [-0.25, -0.2) is 0 Å². The Morgan fingerprint density at radius 2 is 2.00 bits per heavy atom. The van der Waals surface area contributed by atoms with Crippen LogP contribution in [0.4, 0.5) is 0 Å². The summed E-state index contributed by atoms with van der Waals surface area (Å²) in [4.78, 5) is 2.79. The highest BCUT2D eigenvalue weighted by Gasteiger charge is 2.30. The van der Waals surface area contributed by atoms with E-state index >= 15 is 0 Å². The Bertz CT molecular complexity index is 211. The van der Waals surface area contributed by atoms with E-state index in [1.165, 1.54) is 64.6 Å². The van der Waals surface area contributed by atoms with E-state index in [0.717, 1.165) is 18.0 Å². The van der Waals surface area contributed by atoms with E-state index in [1.54, 1.807) is 0 Å². The summed E-state index contributed by atoms with van der Waals surface area (Å²) in [7, 11) is 0. The van der Waals surface area contributed by atoms with Crippen LogP contribution in [0.25, 0.3) is 0 Å². The van der Waals surface area contributed by atoms with Crippen LogP contribution in [-0.2, 0) is 0 Å². The minimum absolute atomic E-state index is 0.767. The average Bonchev–Trinajstić information content (AvgIpc) is 2.76. The molecule has 2 heteroatoms. The fourth-order valence-corrected chi connectivity index (χ4v) is 3.71. The Labute approximate surface area is 107 Å². The minimum atomic E-state index is 0.767. The molecule has 0 aromatic carbocycles. The second-order valence-electron chi connectivity index (χ2n) is 6.12. The Morgan fingerprint density at radius 3 is 2.59 bits per heavy atom. The van der Waals surface area contributed by atoms with Crippen LogP contribution in [0.2, 0.25) is 0 Å². The van der Waals surface area contributed by atoms with Crippen molar-refractivity contribution in [2.45, 2.75) is 70.9 Å². The van der Waals surface area contributed by atoms with Crippen molar-refractivity contribution in [2.24, 2.45) is 5.92 Å². The summed E-state index contributed by atoms with van der Waals surface area (Å²) in [6.07, 6.45) is 9.83. The summed E-state index contributed by atoms with van der Waals surface area (Å²) >= 11 is 0. The molecule has 3 unspecified atom stereocenters. The van der Waals surface area contributed by atoms with E-state index in [9.17, 15) is 0 Å². The molecule has 2 nitrogen and oxygen atoms in total. The van der Waals surface area contributed by atoms with Gasteiger partial charge in [-0.05, 0) is 51.1 Å². The lowest BCUT2D eigenvalue weighted by atomic mass is 10.0. The first-order valence-electron chi connectivity index (χ1n) is 7.78. The van der Waals surface area contributed by atoms with Gasteiger partial charge in [0, 0.05) is 18.6 Å². The van der Waals surface area contributed by atoms with E-state index in [-0.39, 0.29) is 0 Å². The van der Waals surface area contributed by atoms with Crippen molar-refractivity contribution in [3.8, 4) is 0 Å². The van der Waals surface area contributed by atoms with Crippen molar-refractivity contribution < 1.29 is 0 Å². The zero-order valence-electron chi connectivity index (χ0n) is 11.8. The Morgan fingerprint density at radius 1 is 1.12 bits per heavy atom. The summed E-state index contributed by atoms with van der Waals surface area (Å²) in [5, 5.41) is 3.70. The molecule has 0 amide bonds. The summed E-state index contributed by atoms with van der Waals surface area (Å²) < 4.78 is 0. The third-order valence-corrected chi connectivity index (χ3v) is 4.66. The fourth-order valence-electron chi connectivity index (χ4n) is 3.71. The first kappa shape index (κ1) is 13.4. The molecular weight excluding hydrogens is 208 g/mol. The largest absolute Gasteiger partial charge is 0.313 e. The number of piperidine rings is 1. The number of rotatable bonds is 5. The lowest BCUT2D eigenvalue weighted by Crippen LogP contribution is -2.48. The topological polar surface area (TPSA) is 15.3 Å². The van der Waals surface area contributed by atoms with Gasteiger partial charge in [-0.1, -0.05) is 26.7 Å². The van der Waals surface area contributed by atoms with E-state index in [4.69, 9.17) is 0 Å². The van der Waals surface area contributed by atoms with Gasteiger partial charge in [0.1, 0.15) is 0 Å². The first-order valence-corrected chi connectivity index (χ1v) is 7.78. The van der Waals surface area contributed by atoms with Crippen LogP contribution in [0.5, 0.6) is 0 Å². The summed E-state index contributed by atoms with van der Waals surface area (Å²) in [5.41, 5.74) is 0. The van der Waals surface area contributed by atoms with Crippen LogP contribution >= 0.6 is 0 Å². The summed E-state index contributed by atoms with van der Waals surface area (Å²) in [6.45, 7) is 8.61. The van der Waals surface area contributed by atoms with Gasteiger partial charge in [-0.15, -0.1) is 0 Å². The fraction of sp³-hybridized carbons (Fsp3) is 1.00. The molecule has 100 valence electrons. The van der Waals surface area contributed by atoms with E-state index in [2.05, 4.69) is 24.1 Å². The Kier molecular flexibility index (Phi) is 5.30. The van der Waals surface area contributed by atoms with Crippen molar-refractivity contribution in [3.05, 3.63) is 0 Å². The van der Waals surface area contributed by atoms with E-state index in [1.807, 2.05) is 0 Å². The van der Waals surface area contributed by atoms with Crippen molar-refractivity contribution >= 4 is 0 Å². The van der Waals surface area contributed by atoms with Gasteiger partial charge in [0.2, 0.25) is 0 Å². The van der Waals surface area contributed by atoms with Gasteiger partial charge in [0.15, 0.2) is 0 Å². The van der Waals surface area contributed by atoms with Gasteiger partial charge in [-0.2, -0.15) is 0 Å². The van der Waals surface area contributed by atoms with Crippen molar-refractivity contribution in [2.75, 3.05) is 19.6 Å². The van der Waals surface area contributed by atoms with Crippen LogP contribution in [0, 0.1) is 5.92 Å². The third kappa shape index (κ3) is 3.69. The van der Waals surface area contributed by atoms with Crippen LogP contribution in [0.3, 0.4) is 0 Å². The standard InChI is InChI=1S/C15H30N2/c1-3-11-17(15-9-6-7-13(15)2)12-14-8-4-5-10-16-14/h13-16H,3-12H2,1-2H3. The molecule has 1 saturated heterocycles. The molecule has 2 fully saturated rings. The third-order valence-electron chi connectivity index (χ3n) is 4.66. The maximum absolute atomic E-state index is 3.70. The maximum atomic E-state index is 3.70. The maximum Gasteiger partial charge on any atom is 0.0195 e. The smallest absolute Gasteiger partial charge is 0.0195 e. The highest BCUT2D eigenvalue weighted by Crippen LogP contribution is 2.30. The van der Waals surface area contributed by atoms with Crippen LogP contribution in [0.1, 0.15) is 58.8 Å². The lowest BCUT2D eigenvalue weighted by molar-refractivity contribution is 0.141. The number of hydrogen-bond acceptors (Lipinski definition) is 2. The lowest BCUT2D eigenvalue weighted by Gasteiger charge is -2.36. The molecule has 0 aromatic heterocycles. The van der Waals surface area contributed by atoms with Crippen molar-refractivity contribution in [3.63, 3.8) is 0 Å². The van der Waals surface area contributed by atoms with Gasteiger partial charge >= 0.3 is 0 Å². The van der Waals surface area contributed by atoms with E-state index in [0.29, 0.717) is 0 Å². The van der Waals surface area contributed by atoms with Gasteiger partial charge in [-0.3, -0.25) is 4.90 Å². The first-order chi connectivity index (χ1) is 8.31. The van der Waals surface area contributed by atoms with Gasteiger partial charge in [0.25, 0.3) is 0 Å². The molecule has 17 heavy (non-hydrogen) atoms. The molecule has 3 atom stereocenters. The molecule has 1 aliphatic carbocycles. The second-order valence-corrected chi connectivity index (χ2v) is 6.12. The molecule has 1 heterocycles.